The summed E-state index contributed by atoms with van der Waals surface area (Å²) in [6.45, 7) is 4.24. The van der Waals surface area contributed by atoms with Crippen molar-refractivity contribution in [1.29, 1.82) is 5.26 Å². The summed E-state index contributed by atoms with van der Waals surface area (Å²) in [5.74, 6) is 0.429. The molecule has 1 fully saturated rings. The van der Waals surface area contributed by atoms with Crippen LogP contribution in [-0.4, -0.2) is 5.54 Å². The predicted octanol–water partition coefficient (Wildman–Crippen LogP) is 3.49. The maximum absolute atomic E-state index is 9.41. The topological polar surface area (TPSA) is 35.8 Å². The number of nitrogens with one attached hydrogen (secondary N) is 1. The lowest BCUT2D eigenvalue weighted by Crippen LogP contribution is -2.39. The average Bonchev–Trinajstić information content (AvgIpc) is 2.61. The second-order valence-corrected chi connectivity index (χ2v) is 4.87. The zero-order chi connectivity index (χ0) is 11.6. The largest absolute Gasteiger partial charge is 0.367 e. The fourth-order valence-electron chi connectivity index (χ4n) is 2.54. The van der Waals surface area contributed by atoms with Crippen LogP contribution in [0.25, 0.3) is 0 Å². The van der Waals surface area contributed by atoms with Gasteiger partial charge in [-0.25, -0.2) is 0 Å². The number of nitriles is 1. The molecule has 84 valence electrons. The Hall–Kier alpha value is -1.49. The molecule has 16 heavy (non-hydrogen) atoms. The molecule has 0 saturated heterocycles. The highest BCUT2D eigenvalue weighted by Crippen LogP contribution is 2.37. The van der Waals surface area contributed by atoms with Crippen LogP contribution >= 0.6 is 0 Å². The molecule has 1 aromatic rings. The van der Waals surface area contributed by atoms with Gasteiger partial charge in [0.05, 0.1) is 6.07 Å². The first-order chi connectivity index (χ1) is 7.66. The van der Waals surface area contributed by atoms with Crippen LogP contribution in [0.1, 0.15) is 31.7 Å². The van der Waals surface area contributed by atoms with Crippen molar-refractivity contribution < 1.29 is 0 Å². The van der Waals surface area contributed by atoms with Crippen LogP contribution in [-0.2, 0) is 0 Å². The lowest BCUT2D eigenvalue weighted by Gasteiger charge is -2.28. The van der Waals surface area contributed by atoms with Crippen molar-refractivity contribution in [3.8, 4) is 6.07 Å². The van der Waals surface area contributed by atoms with Gasteiger partial charge in [-0.3, -0.25) is 0 Å². The van der Waals surface area contributed by atoms with E-state index in [1.165, 1.54) is 5.56 Å². The number of hydrogen-bond donors (Lipinski definition) is 1. The Morgan fingerprint density at radius 2 is 2.31 bits per heavy atom. The molecule has 2 rings (SSSR count). The third-order valence-electron chi connectivity index (χ3n) is 3.63. The maximum Gasteiger partial charge on any atom is 0.127 e. The summed E-state index contributed by atoms with van der Waals surface area (Å²) in [4.78, 5) is 0. The van der Waals surface area contributed by atoms with Gasteiger partial charge in [-0.2, -0.15) is 5.26 Å². The molecular formula is C14H18N2. The molecule has 0 radical (unpaired) electrons. The summed E-state index contributed by atoms with van der Waals surface area (Å²) in [7, 11) is 0. The van der Waals surface area contributed by atoms with E-state index < -0.39 is 0 Å². The minimum absolute atomic E-state index is 0.353. The predicted molar refractivity (Wildman–Crippen MR) is 66.2 cm³/mol. The smallest absolute Gasteiger partial charge is 0.127 e. The summed E-state index contributed by atoms with van der Waals surface area (Å²) in [6.07, 6.45) is 3.25. The summed E-state index contributed by atoms with van der Waals surface area (Å²) in [5.41, 5.74) is 1.94. The molecule has 1 saturated carbocycles. The van der Waals surface area contributed by atoms with Gasteiger partial charge in [0.1, 0.15) is 5.54 Å². The molecule has 0 bridgehead atoms. The summed E-state index contributed by atoms with van der Waals surface area (Å²) in [6, 6.07) is 10.7. The lowest BCUT2D eigenvalue weighted by molar-refractivity contribution is 0.464. The van der Waals surface area contributed by atoms with E-state index in [1.54, 1.807) is 0 Å². The molecule has 2 nitrogen and oxygen atoms in total. The first kappa shape index (κ1) is 11.0. The molecule has 2 unspecified atom stereocenters. The van der Waals surface area contributed by atoms with Crippen molar-refractivity contribution in [3.63, 3.8) is 0 Å². The minimum Gasteiger partial charge on any atom is -0.367 e. The van der Waals surface area contributed by atoms with Gasteiger partial charge in [0.2, 0.25) is 0 Å². The number of benzene rings is 1. The monoisotopic (exact) mass is 214 g/mol. The maximum atomic E-state index is 9.41. The molecular weight excluding hydrogens is 196 g/mol. The first-order valence-electron chi connectivity index (χ1n) is 5.92. The highest BCUT2D eigenvalue weighted by molar-refractivity contribution is 5.50. The molecule has 2 atom stereocenters. The van der Waals surface area contributed by atoms with Gasteiger partial charge in [-0.05, 0) is 49.8 Å². The van der Waals surface area contributed by atoms with Crippen molar-refractivity contribution in [3.05, 3.63) is 29.8 Å². The van der Waals surface area contributed by atoms with E-state index in [1.807, 2.05) is 12.1 Å². The lowest BCUT2D eigenvalue weighted by atomic mass is 9.89. The normalized spacial score (nSPS) is 28.7. The molecule has 0 spiro atoms. The molecule has 0 aromatic heterocycles. The Morgan fingerprint density at radius 3 is 2.88 bits per heavy atom. The molecule has 0 heterocycles. The first-order valence-corrected chi connectivity index (χ1v) is 5.92. The standard InChI is InChI=1S/C14H18N2/c1-11-5-3-7-13(9-11)16-14(10-15)8-4-6-12(14)2/h3,5,7,9,12,16H,4,6,8H2,1-2H3. The Balaban J connectivity index is 2.23. The zero-order valence-corrected chi connectivity index (χ0v) is 9.96. The Bertz CT molecular complexity index is 419. The number of rotatable bonds is 2. The van der Waals surface area contributed by atoms with Gasteiger partial charge in [-0.15, -0.1) is 0 Å². The number of hydrogen-bond acceptors (Lipinski definition) is 2. The molecule has 1 aromatic carbocycles. The Kier molecular flexibility index (Phi) is 2.87. The molecule has 1 N–H and O–H groups in total. The van der Waals surface area contributed by atoms with Crippen LogP contribution < -0.4 is 5.32 Å². The zero-order valence-electron chi connectivity index (χ0n) is 9.96. The van der Waals surface area contributed by atoms with Crippen molar-refractivity contribution >= 4 is 5.69 Å². The van der Waals surface area contributed by atoms with Crippen molar-refractivity contribution in [2.24, 2.45) is 5.92 Å². The van der Waals surface area contributed by atoms with E-state index in [0.717, 1.165) is 24.9 Å². The van der Waals surface area contributed by atoms with Crippen molar-refractivity contribution in [2.75, 3.05) is 5.32 Å². The van der Waals surface area contributed by atoms with Crippen molar-refractivity contribution in [2.45, 2.75) is 38.6 Å². The van der Waals surface area contributed by atoms with E-state index in [4.69, 9.17) is 0 Å². The van der Waals surface area contributed by atoms with E-state index >= 15 is 0 Å². The molecule has 1 aliphatic carbocycles. The quantitative estimate of drug-likeness (QED) is 0.818. The third-order valence-corrected chi connectivity index (χ3v) is 3.63. The SMILES string of the molecule is Cc1cccc(NC2(C#N)CCCC2C)c1. The van der Waals surface area contributed by atoms with Crippen LogP contribution in [0.4, 0.5) is 5.69 Å². The third kappa shape index (κ3) is 1.90. The number of aryl methyl sites for hydroxylation is 1. The minimum atomic E-state index is -0.353. The molecule has 2 heteroatoms. The van der Waals surface area contributed by atoms with E-state index in [9.17, 15) is 5.26 Å². The highest BCUT2D eigenvalue weighted by Gasteiger charge is 2.40. The summed E-state index contributed by atoms with van der Waals surface area (Å²) >= 11 is 0. The highest BCUT2D eigenvalue weighted by atomic mass is 15.0. The van der Waals surface area contributed by atoms with Crippen LogP contribution in [0.5, 0.6) is 0 Å². The number of anilines is 1. The molecule has 0 amide bonds. The van der Waals surface area contributed by atoms with E-state index in [-0.39, 0.29) is 5.54 Å². The van der Waals surface area contributed by atoms with Crippen LogP contribution in [0.3, 0.4) is 0 Å². The van der Waals surface area contributed by atoms with Gasteiger partial charge in [0.25, 0.3) is 0 Å². The van der Waals surface area contributed by atoms with Gasteiger partial charge in [0, 0.05) is 5.69 Å². The molecule has 0 aliphatic heterocycles. The van der Waals surface area contributed by atoms with Crippen LogP contribution in [0.2, 0.25) is 0 Å². The van der Waals surface area contributed by atoms with Crippen molar-refractivity contribution in [1.82, 2.24) is 0 Å². The summed E-state index contributed by atoms with van der Waals surface area (Å²) < 4.78 is 0. The van der Waals surface area contributed by atoms with Gasteiger partial charge < -0.3 is 5.32 Å². The van der Waals surface area contributed by atoms with E-state index in [0.29, 0.717) is 5.92 Å². The van der Waals surface area contributed by atoms with Gasteiger partial charge >= 0.3 is 0 Å². The summed E-state index contributed by atoms with van der Waals surface area (Å²) in [5, 5.41) is 12.8. The van der Waals surface area contributed by atoms with E-state index in [2.05, 4.69) is 37.4 Å². The molecule has 1 aliphatic rings. The Labute approximate surface area is 97.3 Å². The second-order valence-electron chi connectivity index (χ2n) is 4.87. The van der Waals surface area contributed by atoms with Crippen LogP contribution in [0, 0.1) is 24.2 Å². The Morgan fingerprint density at radius 1 is 1.50 bits per heavy atom. The van der Waals surface area contributed by atoms with Gasteiger partial charge in [-0.1, -0.05) is 19.1 Å². The van der Waals surface area contributed by atoms with Crippen LogP contribution in [0.15, 0.2) is 24.3 Å². The second kappa shape index (κ2) is 4.17. The average molecular weight is 214 g/mol. The fourth-order valence-corrected chi connectivity index (χ4v) is 2.54. The van der Waals surface area contributed by atoms with Gasteiger partial charge in [0.15, 0.2) is 0 Å². The fraction of sp³-hybridized carbons (Fsp3) is 0.500. The number of nitrogens with zero attached hydrogens (tertiary/aromatic N) is 1.